The average molecular weight is 353 g/mol. The van der Waals surface area contributed by atoms with Gasteiger partial charge in [-0.1, -0.05) is 24.3 Å². The molecule has 3 aromatic rings. The Kier molecular flexibility index (Phi) is 4.84. The van der Waals surface area contributed by atoms with Gasteiger partial charge < -0.3 is 10.3 Å². The second-order valence-corrected chi connectivity index (χ2v) is 6.71. The van der Waals surface area contributed by atoms with E-state index >= 15 is 0 Å². The molecule has 0 aliphatic heterocycles. The van der Waals surface area contributed by atoms with Gasteiger partial charge in [0.1, 0.15) is 11.5 Å². The topological polar surface area (TPSA) is 74.8 Å². The van der Waals surface area contributed by atoms with Crippen LogP contribution in [-0.4, -0.2) is 15.9 Å². The van der Waals surface area contributed by atoms with Crippen molar-refractivity contribution in [3.8, 4) is 0 Å². The Labute approximate surface area is 150 Å². The number of nitrogens with zero attached hydrogens (tertiary/aromatic N) is 1. The molecule has 1 amide bonds. The van der Waals surface area contributed by atoms with E-state index in [1.165, 1.54) is 12.1 Å². The summed E-state index contributed by atoms with van der Waals surface area (Å²) in [5.74, 6) is -0.522. The van der Waals surface area contributed by atoms with Crippen LogP contribution in [0.3, 0.4) is 0 Å². The molecule has 0 bridgehead atoms. The summed E-state index contributed by atoms with van der Waals surface area (Å²) in [6.07, 6.45) is 0.380. The van der Waals surface area contributed by atoms with Crippen molar-refractivity contribution in [1.29, 1.82) is 0 Å². The second kappa shape index (κ2) is 7.07. The minimum absolute atomic E-state index is 0.138. The SMILES string of the molecule is CC(C)(NC(=O)CCc1nc2ccccc2[nH]c1=O)c1ccc(F)cc1. The maximum atomic E-state index is 13.1. The number of aryl methyl sites for hydroxylation is 1. The first-order valence-electron chi connectivity index (χ1n) is 8.40. The van der Waals surface area contributed by atoms with E-state index in [4.69, 9.17) is 0 Å². The fraction of sp³-hybridized carbons (Fsp3) is 0.250. The van der Waals surface area contributed by atoms with E-state index in [0.717, 1.165) is 5.56 Å². The molecular weight excluding hydrogens is 333 g/mol. The van der Waals surface area contributed by atoms with Crippen LogP contribution < -0.4 is 10.9 Å². The molecule has 6 heteroatoms. The third-order valence-electron chi connectivity index (χ3n) is 4.28. The smallest absolute Gasteiger partial charge is 0.270 e. The molecular formula is C20H20FN3O2. The summed E-state index contributed by atoms with van der Waals surface area (Å²) in [6, 6.07) is 13.3. The molecule has 0 saturated carbocycles. The fourth-order valence-corrected chi connectivity index (χ4v) is 2.82. The molecule has 1 heterocycles. The minimum Gasteiger partial charge on any atom is -0.347 e. The maximum absolute atomic E-state index is 13.1. The normalized spacial score (nSPS) is 11.5. The Hall–Kier alpha value is -3.02. The van der Waals surface area contributed by atoms with E-state index in [0.29, 0.717) is 16.7 Å². The Bertz CT molecular complexity index is 994. The summed E-state index contributed by atoms with van der Waals surface area (Å²) in [5.41, 5.74) is 1.56. The predicted molar refractivity (Wildman–Crippen MR) is 98.3 cm³/mol. The Morgan fingerprint density at radius 2 is 1.85 bits per heavy atom. The standard InChI is InChI=1S/C20H20FN3O2/c1-20(2,13-7-9-14(21)10-8-13)24-18(25)12-11-17-19(26)23-16-6-4-3-5-15(16)22-17/h3-10H,11-12H2,1-2H3,(H,23,26)(H,24,25). The number of hydrogen-bond acceptors (Lipinski definition) is 3. The predicted octanol–water partition coefficient (Wildman–Crippen LogP) is 3.05. The zero-order chi connectivity index (χ0) is 18.7. The van der Waals surface area contributed by atoms with Crippen molar-refractivity contribution >= 4 is 16.9 Å². The zero-order valence-corrected chi connectivity index (χ0v) is 14.7. The third-order valence-corrected chi connectivity index (χ3v) is 4.28. The molecule has 1 aromatic heterocycles. The molecule has 0 radical (unpaired) electrons. The summed E-state index contributed by atoms with van der Waals surface area (Å²) in [5, 5.41) is 2.92. The largest absolute Gasteiger partial charge is 0.347 e. The van der Waals surface area contributed by atoms with Crippen LogP contribution in [0.15, 0.2) is 53.3 Å². The van der Waals surface area contributed by atoms with E-state index in [1.54, 1.807) is 18.2 Å². The van der Waals surface area contributed by atoms with Crippen LogP contribution in [0.5, 0.6) is 0 Å². The second-order valence-electron chi connectivity index (χ2n) is 6.71. The first-order valence-corrected chi connectivity index (χ1v) is 8.40. The Morgan fingerprint density at radius 3 is 2.58 bits per heavy atom. The molecule has 5 nitrogen and oxygen atoms in total. The van der Waals surface area contributed by atoms with Crippen molar-refractivity contribution in [2.45, 2.75) is 32.2 Å². The molecule has 134 valence electrons. The van der Waals surface area contributed by atoms with Crippen LogP contribution in [0.4, 0.5) is 4.39 Å². The average Bonchev–Trinajstić information content (AvgIpc) is 2.60. The van der Waals surface area contributed by atoms with Crippen LogP contribution in [-0.2, 0) is 16.8 Å². The van der Waals surface area contributed by atoms with Crippen molar-refractivity contribution in [2.75, 3.05) is 0 Å². The molecule has 0 aliphatic rings. The highest BCUT2D eigenvalue weighted by atomic mass is 19.1. The first kappa shape index (κ1) is 17.8. The lowest BCUT2D eigenvalue weighted by molar-refractivity contribution is -0.122. The number of benzene rings is 2. The first-order chi connectivity index (χ1) is 12.3. The van der Waals surface area contributed by atoms with E-state index in [2.05, 4.69) is 15.3 Å². The monoisotopic (exact) mass is 353 g/mol. The fourth-order valence-electron chi connectivity index (χ4n) is 2.82. The van der Waals surface area contributed by atoms with Gasteiger partial charge in [0.2, 0.25) is 5.91 Å². The van der Waals surface area contributed by atoms with Gasteiger partial charge in [-0.05, 0) is 43.7 Å². The Balaban J connectivity index is 1.68. The number of aromatic nitrogens is 2. The number of hydrogen-bond donors (Lipinski definition) is 2. The number of fused-ring (bicyclic) bond motifs is 1. The molecule has 0 saturated heterocycles. The van der Waals surface area contributed by atoms with Crippen molar-refractivity contribution < 1.29 is 9.18 Å². The maximum Gasteiger partial charge on any atom is 0.270 e. The van der Waals surface area contributed by atoms with E-state index in [9.17, 15) is 14.0 Å². The molecule has 3 rings (SSSR count). The number of carbonyl (C=O) groups is 1. The molecule has 0 atom stereocenters. The number of carbonyl (C=O) groups excluding carboxylic acids is 1. The van der Waals surface area contributed by atoms with Gasteiger partial charge in [0, 0.05) is 12.8 Å². The van der Waals surface area contributed by atoms with Gasteiger partial charge >= 0.3 is 0 Å². The molecule has 0 aliphatic carbocycles. The van der Waals surface area contributed by atoms with Gasteiger partial charge in [-0.3, -0.25) is 9.59 Å². The molecule has 0 spiro atoms. The van der Waals surface area contributed by atoms with Crippen molar-refractivity contribution in [3.05, 3.63) is 76.0 Å². The number of halogens is 1. The van der Waals surface area contributed by atoms with Crippen LogP contribution in [0.1, 0.15) is 31.5 Å². The number of rotatable bonds is 5. The van der Waals surface area contributed by atoms with Crippen molar-refractivity contribution in [3.63, 3.8) is 0 Å². The van der Waals surface area contributed by atoms with Gasteiger partial charge in [0.25, 0.3) is 5.56 Å². The Morgan fingerprint density at radius 1 is 1.15 bits per heavy atom. The quantitative estimate of drug-likeness (QED) is 0.740. The molecule has 2 aromatic carbocycles. The summed E-state index contributed by atoms with van der Waals surface area (Å²) >= 11 is 0. The van der Waals surface area contributed by atoms with E-state index < -0.39 is 5.54 Å². The van der Waals surface area contributed by atoms with Gasteiger partial charge in [-0.25, -0.2) is 9.37 Å². The highest BCUT2D eigenvalue weighted by Crippen LogP contribution is 2.20. The van der Waals surface area contributed by atoms with E-state index in [-0.39, 0.29) is 30.1 Å². The molecule has 26 heavy (non-hydrogen) atoms. The van der Waals surface area contributed by atoms with Crippen molar-refractivity contribution in [2.24, 2.45) is 0 Å². The van der Waals surface area contributed by atoms with Gasteiger partial charge in [-0.2, -0.15) is 0 Å². The van der Waals surface area contributed by atoms with Crippen molar-refractivity contribution in [1.82, 2.24) is 15.3 Å². The lowest BCUT2D eigenvalue weighted by Crippen LogP contribution is -2.41. The van der Waals surface area contributed by atoms with Crippen LogP contribution in [0.25, 0.3) is 11.0 Å². The lowest BCUT2D eigenvalue weighted by atomic mass is 9.94. The molecule has 0 fully saturated rings. The highest BCUT2D eigenvalue weighted by Gasteiger charge is 2.23. The highest BCUT2D eigenvalue weighted by molar-refractivity contribution is 5.77. The number of nitrogens with one attached hydrogen (secondary N) is 2. The van der Waals surface area contributed by atoms with Gasteiger partial charge in [0.15, 0.2) is 0 Å². The number of aromatic amines is 1. The summed E-state index contributed by atoms with van der Waals surface area (Å²) in [6.45, 7) is 3.69. The minimum atomic E-state index is -0.645. The number of H-pyrrole nitrogens is 1. The third kappa shape index (κ3) is 3.96. The summed E-state index contributed by atoms with van der Waals surface area (Å²) in [4.78, 5) is 31.5. The molecule has 2 N–H and O–H groups in total. The van der Waals surface area contributed by atoms with Crippen LogP contribution in [0.2, 0.25) is 0 Å². The zero-order valence-electron chi connectivity index (χ0n) is 14.7. The molecule has 0 unspecified atom stereocenters. The summed E-state index contributed by atoms with van der Waals surface area (Å²) in [7, 11) is 0. The summed E-state index contributed by atoms with van der Waals surface area (Å²) < 4.78 is 13.1. The number of amides is 1. The lowest BCUT2D eigenvalue weighted by Gasteiger charge is -2.27. The van der Waals surface area contributed by atoms with E-state index in [1.807, 2.05) is 32.0 Å². The number of para-hydroxylation sites is 2. The van der Waals surface area contributed by atoms with Gasteiger partial charge in [0.05, 0.1) is 16.6 Å². The van der Waals surface area contributed by atoms with Crippen LogP contribution >= 0.6 is 0 Å². The van der Waals surface area contributed by atoms with Crippen LogP contribution in [0, 0.1) is 5.82 Å². The van der Waals surface area contributed by atoms with Gasteiger partial charge in [-0.15, -0.1) is 0 Å².